The monoisotopic (exact) mass is 208 g/mol. The van der Waals surface area contributed by atoms with Crippen molar-refractivity contribution < 1.29 is 0 Å². The quantitative estimate of drug-likeness (QED) is 0.596. The fourth-order valence-electron chi connectivity index (χ4n) is 3.11. The SMILES string of the molecule is BN1CCC2(CC1)CCN(C(C)C)CC2. The topological polar surface area (TPSA) is 6.48 Å². The van der Waals surface area contributed by atoms with E-state index in [1.165, 1.54) is 51.9 Å². The van der Waals surface area contributed by atoms with Crippen molar-refractivity contribution >= 4 is 7.98 Å². The smallest absolute Gasteiger partial charge is 0.185 e. The van der Waals surface area contributed by atoms with Crippen LogP contribution >= 0.6 is 0 Å². The average molecular weight is 208 g/mol. The van der Waals surface area contributed by atoms with Crippen molar-refractivity contribution in [3.63, 3.8) is 0 Å². The molecular formula is C12H25BN2. The van der Waals surface area contributed by atoms with Crippen LogP contribution in [0.3, 0.4) is 0 Å². The lowest BCUT2D eigenvalue weighted by Gasteiger charge is -2.47. The van der Waals surface area contributed by atoms with E-state index in [1.807, 2.05) is 0 Å². The molecule has 0 amide bonds. The van der Waals surface area contributed by atoms with Gasteiger partial charge in [0.25, 0.3) is 0 Å². The van der Waals surface area contributed by atoms with Crippen molar-refractivity contribution in [1.82, 2.24) is 9.71 Å². The lowest BCUT2D eigenvalue weighted by molar-refractivity contribution is 0.0436. The van der Waals surface area contributed by atoms with Gasteiger partial charge in [0.2, 0.25) is 0 Å². The molecule has 2 rings (SSSR count). The second-order valence-corrected chi connectivity index (χ2v) is 5.93. The number of piperidine rings is 2. The maximum Gasteiger partial charge on any atom is 0.185 e. The molecule has 1 spiro atoms. The van der Waals surface area contributed by atoms with E-state index in [4.69, 9.17) is 0 Å². The summed E-state index contributed by atoms with van der Waals surface area (Å²) in [6.07, 6.45) is 5.77. The molecule has 0 aromatic carbocycles. The highest BCUT2D eigenvalue weighted by Crippen LogP contribution is 2.41. The van der Waals surface area contributed by atoms with Crippen LogP contribution < -0.4 is 0 Å². The lowest BCUT2D eigenvalue weighted by atomic mass is 9.70. The summed E-state index contributed by atoms with van der Waals surface area (Å²) in [6.45, 7) is 9.96. The highest BCUT2D eigenvalue weighted by molar-refractivity contribution is 6.04. The molecule has 0 radical (unpaired) electrons. The Labute approximate surface area is 95.4 Å². The van der Waals surface area contributed by atoms with Gasteiger partial charge < -0.3 is 9.71 Å². The molecule has 2 aliphatic heterocycles. The fourth-order valence-corrected chi connectivity index (χ4v) is 3.11. The number of hydrogen-bond acceptors (Lipinski definition) is 2. The normalized spacial score (nSPS) is 28.7. The van der Waals surface area contributed by atoms with Gasteiger partial charge >= 0.3 is 0 Å². The minimum absolute atomic E-state index is 0.720. The van der Waals surface area contributed by atoms with E-state index in [9.17, 15) is 0 Å². The molecule has 2 aliphatic rings. The average Bonchev–Trinajstić information content (AvgIpc) is 2.24. The summed E-state index contributed by atoms with van der Waals surface area (Å²) in [5.74, 6) is 0. The van der Waals surface area contributed by atoms with Gasteiger partial charge in [0.1, 0.15) is 0 Å². The Kier molecular flexibility index (Phi) is 3.41. The van der Waals surface area contributed by atoms with Gasteiger partial charge in [-0.1, -0.05) is 0 Å². The third kappa shape index (κ3) is 2.56. The molecule has 0 aromatic heterocycles. The maximum absolute atomic E-state index is 2.64. The Morgan fingerprint density at radius 3 is 1.87 bits per heavy atom. The molecule has 2 saturated heterocycles. The van der Waals surface area contributed by atoms with Gasteiger partial charge in [0.05, 0.1) is 0 Å². The molecule has 0 unspecified atom stereocenters. The van der Waals surface area contributed by atoms with Gasteiger partial charge in [-0.25, -0.2) is 0 Å². The molecule has 0 bridgehead atoms. The molecule has 0 N–H and O–H groups in total. The second kappa shape index (κ2) is 4.46. The molecule has 2 heterocycles. The molecule has 0 aliphatic carbocycles. The second-order valence-electron chi connectivity index (χ2n) is 5.93. The predicted molar refractivity (Wildman–Crippen MR) is 67.7 cm³/mol. The zero-order valence-corrected chi connectivity index (χ0v) is 10.6. The van der Waals surface area contributed by atoms with E-state index in [0.717, 1.165) is 11.5 Å². The van der Waals surface area contributed by atoms with Gasteiger partial charge in [0, 0.05) is 6.04 Å². The van der Waals surface area contributed by atoms with Crippen LogP contribution in [0.4, 0.5) is 0 Å². The Hall–Kier alpha value is -0.0151. The van der Waals surface area contributed by atoms with Crippen molar-refractivity contribution in [1.29, 1.82) is 0 Å². The molecule has 3 heteroatoms. The zero-order valence-electron chi connectivity index (χ0n) is 10.6. The molecule has 0 atom stereocenters. The van der Waals surface area contributed by atoms with Crippen LogP contribution in [0.25, 0.3) is 0 Å². The van der Waals surface area contributed by atoms with Gasteiger partial charge in [-0.2, -0.15) is 0 Å². The van der Waals surface area contributed by atoms with Crippen LogP contribution in [0.2, 0.25) is 0 Å². The summed E-state index contributed by atoms with van der Waals surface area (Å²) in [5, 5.41) is 0. The van der Waals surface area contributed by atoms with Gasteiger partial charge in [-0.3, -0.25) is 0 Å². The first kappa shape index (κ1) is 11.5. The van der Waals surface area contributed by atoms with E-state index >= 15 is 0 Å². The lowest BCUT2D eigenvalue weighted by Crippen LogP contribution is -2.47. The first-order valence-corrected chi connectivity index (χ1v) is 6.54. The third-order valence-corrected chi connectivity index (χ3v) is 4.64. The molecule has 15 heavy (non-hydrogen) atoms. The highest BCUT2D eigenvalue weighted by Gasteiger charge is 2.36. The minimum Gasteiger partial charge on any atom is -0.349 e. The van der Waals surface area contributed by atoms with Crippen molar-refractivity contribution in [2.45, 2.75) is 45.6 Å². The third-order valence-electron chi connectivity index (χ3n) is 4.64. The van der Waals surface area contributed by atoms with E-state index < -0.39 is 0 Å². The molecular weight excluding hydrogens is 183 g/mol. The van der Waals surface area contributed by atoms with Crippen LogP contribution in [0, 0.1) is 5.41 Å². The molecule has 0 aromatic rings. The molecule has 2 fully saturated rings. The predicted octanol–water partition coefficient (Wildman–Crippen LogP) is 1.12. The van der Waals surface area contributed by atoms with Crippen molar-refractivity contribution in [3.05, 3.63) is 0 Å². The summed E-state index contributed by atoms with van der Waals surface area (Å²) in [4.78, 5) is 5.13. The Bertz CT molecular complexity index is 200. The summed E-state index contributed by atoms with van der Waals surface area (Å²) >= 11 is 0. The van der Waals surface area contributed by atoms with Crippen molar-refractivity contribution in [3.8, 4) is 0 Å². The maximum atomic E-state index is 2.64. The van der Waals surface area contributed by atoms with Crippen LogP contribution in [0.1, 0.15) is 39.5 Å². The van der Waals surface area contributed by atoms with Crippen LogP contribution in [-0.4, -0.2) is 49.9 Å². The van der Waals surface area contributed by atoms with Crippen molar-refractivity contribution in [2.24, 2.45) is 5.41 Å². The van der Waals surface area contributed by atoms with E-state index in [0.29, 0.717) is 0 Å². The standard InChI is InChI=1S/C12H25BN2/c1-11(2)14-7-3-12(4-8-14)5-9-15(13)10-6-12/h11H,3-10,13H2,1-2H3. The van der Waals surface area contributed by atoms with E-state index in [1.54, 1.807) is 0 Å². The summed E-state index contributed by atoms with van der Waals surface area (Å²) in [5.41, 5.74) is 0.720. The fraction of sp³-hybridized carbons (Fsp3) is 1.00. The van der Waals surface area contributed by atoms with E-state index in [2.05, 4.69) is 31.5 Å². The van der Waals surface area contributed by atoms with E-state index in [-0.39, 0.29) is 0 Å². The molecule has 0 saturated carbocycles. The zero-order chi connectivity index (χ0) is 10.9. The highest BCUT2D eigenvalue weighted by atomic mass is 15.2. The van der Waals surface area contributed by atoms with Gasteiger partial charge in [0.15, 0.2) is 7.98 Å². The number of hydrogen-bond donors (Lipinski definition) is 0. The molecule has 86 valence electrons. The minimum atomic E-state index is 0.720. The summed E-state index contributed by atoms with van der Waals surface area (Å²) in [7, 11) is 2.26. The largest absolute Gasteiger partial charge is 0.349 e. The first-order chi connectivity index (χ1) is 7.11. The number of rotatable bonds is 1. The number of likely N-dealkylation sites (tertiary alicyclic amines) is 1. The van der Waals surface area contributed by atoms with Crippen LogP contribution in [-0.2, 0) is 0 Å². The van der Waals surface area contributed by atoms with Crippen molar-refractivity contribution in [2.75, 3.05) is 26.2 Å². The number of nitrogens with zero attached hydrogens (tertiary/aromatic N) is 2. The van der Waals surface area contributed by atoms with Gasteiger partial charge in [-0.15, -0.1) is 0 Å². The molecule has 2 nitrogen and oxygen atoms in total. The van der Waals surface area contributed by atoms with Gasteiger partial charge in [-0.05, 0) is 71.1 Å². The van der Waals surface area contributed by atoms with Crippen LogP contribution in [0.15, 0.2) is 0 Å². The van der Waals surface area contributed by atoms with Crippen LogP contribution in [0.5, 0.6) is 0 Å². The Morgan fingerprint density at radius 1 is 0.933 bits per heavy atom. The Balaban J connectivity index is 1.86. The summed E-state index contributed by atoms with van der Waals surface area (Å²) < 4.78 is 0. The first-order valence-electron chi connectivity index (χ1n) is 6.54. The Morgan fingerprint density at radius 2 is 1.40 bits per heavy atom. The summed E-state index contributed by atoms with van der Waals surface area (Å²) in [6, 6.07) is 0.744.